The summed E-state index contributed by atoms with van der Waals surface area (Å²) >= 11 is 0. The van der Waals surface area contributed by atoms with Crippen molar-refractivity contribution >= 4 is 0 Å². The summed E-state index contributed by atoms with van der Waals surface area (Å²) < 4.78 is 0. The fourth-order valence-corrected chi connectivity index (χ4v) is 3.49. The third-order valence-electron chi connectivity index (χ3n) is 5.14. The van der Waals surface area contributed by atoms with Crippen molar-refractivity contribution in [2.45, 2.75) is 77.4 Å². The number of nitrogens with one attached hydrogen (secondary N) is 1. The minimum Gasteiger partial charge on any atom is -0.389 e. The molecule has 1 unspecified atom stereocenters. The Bertz CT molecular complexity index is 254. The summed E-state index contributed by atoms with van der Waals surface area (Å²) in [5, 5.41) is 14.2. The Morgan fingerprint density at radius 3 is 2.29 bits per heavy atom. The van der Waals surface area contributed by atoms with E-state index in [0.29, 0.717) is 11.5 Å². The third-order valence-corrected chi connectivity index (χ3v) is 5.14. The molecule has 2 saturated carbocycles. The van der Waals surface area contributed by atoms with Crippen LogP contribution in [-0.2, 0) is 0 Å². The second-order valence-electron chi connectivity index (χ2n) is 7.22. The smallest absolute Gasteiger partial charge is 0.0771 e. The molecule has 0 saturated heterocycles. The highest BCUT2D eigenvalue weighted by molar-refractivity contribution is 4.93. The van der Waals surface area contributed by atoms with Crippen LogP contribution in [0.4, 0.5) is 0 Å². The lowest BCUT2D eigenvalue weighted by Gasteiger charge is -2.37. The third kappa shape index (κ3) is 3.23. The van der Waals surface area contributed by atoms with Crippen LogP contribution >= 0.6 is 0 Å². The maximum Gasteiger partial charge on any atom is 0.0771 e. The van der Waals surface area contributed by atoms with Crippen molar-refractivity contribution in [3.05, 3.63) is 0 Å². The minimum atomic E-state index is -0.425. The molecule has 0 aromatic carbocycles. The van der Waals surface area contributed by atoms with Gasteiger partial charge in [0, 0.05) is 12.6 Å². The van der Waals surface area contributed by atoms with Gasteiger partial charge < -0.3 is 10.4 Å². The monoisotopic (exact) mass is 239 g/mol. The van der Waals surface area contributed by atoms with E-state index in [0.717, 1.165) is 25.3 Å². The number of hydrogen-bond donors (Lipinski definition) is 2. The van der Waals surface area contributed by atoms with Crippen LogP contribution in [0.5, 0.6) is 0 Å². The van der Waals surface area contributed by atoms with Gasteiger partial charge in [-0.2, -0.15) is 0 Å². The van der Waals surface area contributed by atoms with Crippen molar-refractivity contribution in [3.63, 3.8) is 0 Å². The van der Waals surface area contributed by atoms with Crippen LogP contribution in [0.3, 0.4) is 0 Å². The molecule has 0 amide bonds. The molecule has 2 fully saturated rings. The predicted octanol–water partition coefficient (Wildman–Crippen LogP) is 3.10. The number of aliphatic hydroxyl groups is 1. The van der Waals surface area contributed by atoms with Gasteiger partial charge in [-0.15, -0.1) is 0 Å². The lowest BCUT2D eigenvalue weighted by molar-refractivity contribution is -0.0104. The first kappa shape index (κ1) is 13.4. The van der Waals surface area contributed by atoms with Gasteiger partial charge in [0.2, 0.25) is 0 Å². The number of rotatable bonds is 3. The molecule has 2 nitrogen and oxygen atoms in total. The lowest BCUT2D eigenvalue weighted by atomic mass is 9.79. The quantitative estimate of drug-likeness (QED) is 0.793. The summed E-state index contributed by atoms with van der Waals surface area (Å²) in [4.78, 5) is 0. The molecule has 2 aliphatic rings. The second kappa shape index (κ2) is 4.89. The molecule has 100 valence electrons. The van der Waals surface area contributed by atoms with E-state index in [1.807, 2.05) is 0 Å². The molecule has 2 heteroatoms. The Morgan fingerprint density at radius 2 is 1.76 bits per heavy atom. The molecule has 2 aliphatic carbocycles. The zero-order chi connectivity index (χ0) is 12.5. The van der Waals surface area contributed by atoms with E-state index in [-0.39, 0.29) is 0 Å². The van der Waals surface area contributed by atoms with E-state index in [1.165, 1.54) is 32.1 Å². The van der Waals surface area contributed by atoms with Crippen LogP contribution in [0.15, 0.2) is 0 Å². The van der Waals surface area contributed by atoms with E-state index >= 15 is 0 Å². The molecule has 2 rings (SSSR count). The Morgan fingerprint density at radius 1 is 1.12 bits per heavy atom. The topological polar surface area (TPSA) is 32.3 Å². The van der Waals surface area contributed by atoms with E-state index in [9.17, 15) is 5.11 Å². The molecule has 1 atom stereocenters. The molecule has 0 aliphatic heterocycles. The first-order valence-corrected chi connectivity index (χ1v) is 7.37. The zero-order valence-electron chi connectivity index (χ0n) is 11.8. The van der Waals surface area contributed by atoms with Crippen molar-refractivity contribution in [2.75, 3.05) is 6.54 Å². The van der Waals surface area contributed by atoms with Crippen LogP contribution < -0.4 is 5.32 Å². The highest BCUT2D eigenvalue weighted by Crippen LogP contribution is 2.38. The zero-order valence-corrected chi connectivity index (χ0v) is 11.8. The summed E-state index contributed by atoms with van der Waals surface area (Å²) in [6.45, 7) is 7.80. The van der Waals surface area contributed by atoms with Crippen LogP contribution in [0, 0.1) is 11.3 Å². The normalized spacial score (nSPS) is 41.6. The van der Waals surface area contributed by atoms with Gasteiger partial charge >= 0.3 is 0 Å². The molecule has 0 aromatic rings. The van der Waals surface area contributed by atoms with Gasteiger partial charge in [-0.3, -0.25) is 0 Å². The first-order valence-electron chi connectivity index (χ1n) is 7.37. The highest BCUT2D eigenvalue weighted by atomic mass is 16.3. The summed E-state index contributed by atoms with van der Waals surface area (Å²) in [5.41, 5.74) is -0.0104. The van der Waals surface area contributed by atoms with Crippen molar-refractivity contribution in [1.29, 1.82) is 0 Å². The minimum absolute atomic E-state index is 0.415. The first-order chi connectivity index (χ1) is 7.91. The van der Waals surface area contributed by atoms with E-state index < -0.39 is 5.60 Å². The molecular formula is C15H29NO. The van der Waals surface area contributed by atoms with Gasteiger partial charge in [0.15, 0.2) is 0 Å². The summed E-state index contributed by atoms with van der Waals surface area (Å²) in [5.74, 6) is 0.804. The summed E-state index contributed by atoms with van der Waals surface area (Å²) in [7, 11) is 0. The molecule has 2 N–H and O–H groups in total. The molecule has 17 heavy (non-hydrogen) atoms. The van der Waals surface area contributed by atoms with Crippen LogP contribution in [0.25, 0.3) is 0 Å². The second-order valence-corrected chi connectivity index (χ2v) is 7.22. The Balaban J connectivity index is 1.81. The SMILES string of the molecule is CC1CCC(O)(CNC2CCCC2(C)C)CC1. The van der Waals surface area contributed by atoms with Gasteiger partial charge in [-0.05, 0) is 49.9 Å². The fourth-order valence-electron chi connectivity index (χ4n) is 3.49. The average molecular weight is 239 g/mol. The summed E-state index contributed by atoms with van der Waals surface area (Å²) in [6, 6.07) is 0.603. The average Bonchev–Trinajstić information content (AvgIpc) is 2.60. The van der Waals surface area contributed by atoms with Gasteiger partial charge in [0.25, 0.3) is 0 Å². The molecule has 0 spiro atoms. The lowest BCUT2D eigenvalue weighted by Crippen LogP contribution is -2.49. The maximum absolute atomic E-state index is 10.6. The van der Waals surface area contributed by atoms with E-state index in [1.54, 1.807) is 0 Å². The highest BCUT2D eigenvalue weighted by Gasteiger charge is 2.37. The predicted molar refractivity (Wildman–Crippen MR) is 72.0 cm³/mol. The van der Waals surface area contributed by atoms with E-state index in [4.69, 9.17) is 0 Å². The largest absolute Gasteiger partial charge is 0.389 e. The van der Waals surface area contributed by atoms with Gasteiger partial charge in [0.05, 0.1) is 5.60 Å². The standard InChI is InChI=1S/C15H29NO/c1-12-6-9-15(17,10-7-12)11-16-13-5-4-8-14(13,2)3/h12-13,16-17H,4-11H2,1-3H3. The molecule has 0 heterocycles. The molecule has 0 aromatic heterocycles. The van der Waals surface area contributed by atoms with Crippen molar-refractivity contribution in [1.82, 2.24) is 5.32 Å². The Kier molecular flexibility index (Phi) is 3.84. The van der Waals surface area contributed by atoms with Crippen molar-refractivity contribution in [2.24, 2.45) is 11.3 Å². The van der Waals surface area contributed by atoms with Crippen molar-refractivity contribution < 1.29 is 5.11 Å². The van der Waals surface area contributed by atoms with Gasteiger partial charge in [0.1, 0.15) is 0 Å². The Labute approximate surface area is 106 Å². The van der Waals surface area contributed by atoms with E-state index in [2.05, 4.69) is 26.1 Å². The molecular weight excluding hydrogens is 210 g/mol. The van der Waals surface area contributed by atoms with Crippen molar-refractivity contribution in [3.8, 4) is 0 Å². The van der Waals surface area contributed by atoms with Crippen LogP contribution in [0.1, 0.15) is 65.7 Å². The van der Waals surface area contributed by atoms with Crippen LogP contribution in [0.2, 0.25) is 0 Å². The van der Waals surface area contributed by atoms with Crippen LogP contribution in [-0.4, -0.2) is 23.3 Å². The number of hydrogen-bond acceptors (Lipinski definition) is 2. The maximum atomic E-state index is 10.6. The van der Waals surface area contributed by atoms with Gasteiger partial charge in [-0.1, -0.05) is 27.2 Å². The molecule has 0 bridgehead atoms. The fraction of sp³-hybridized carbons (Fsp3) is 1.00. The Hall–Kier alpha value is -0.0800. The van der Waals surface area contributed by atoms with Gasteiger partial charge in [-0.25, -0.2) is 0 Å². The summed E-state index contributed by atoms with van der Waals surface area (Å²) in [6.07, 6.45) is 8.26. The molecule has 0 radical (unpaired) electrons.